The van der Waals surface area contributed by atoms with Crippen LogP contribution in [0.3, 0.4) is 0 Å². The molecule has 2 aromatic carbocycles. The zero-order valence-electron chi connectivity index (χ0n) is 75.6. The maximum absolute atomic E-state index is 15.2. The number of carbonyl (C=O) groups is 13. The zero-order chi connectivity index (χ0) is 89.9. The number of hydrogen-bond acceptors (Lipinski definition) is 17. The van der Waals surface area contributed by atoms with Crippen LogP contribution in [0.1, 0.15) is 209 Å². The molecule has 0 unspecified atom stereocenters. The lowest BCUT2D eigenvalue weighted by atomic mass is 9.91. The number of nitrogens with one attached hydrogen (secondary N) is 5. The van der Waals surface area contributed by atoms with Crippen LogP contribution in [0.2, 0.25) is 0 Å². The van der Waals surface area contributed by atoms with Gasteiger partial charge in [0, 0.05) is 67.4 Å². The predicted molar refractivity (Wildman–Crippen MR) is 454 cm³/mol. The van der Waals surface area contributed by atoms with Crippen LogP contribution in [-0.4, -0.2) is 274 Å². The molecule has 4 rings (SSSR count). The smallest absolute Gasteiger partial charge is 0.326 e. The Kier molecular flexibility index (Phi) is 41.5. The minimum atomic E-state index is -1.62. The van der Waals surface area contributed by atoms with E-state index in [1.54, 1.807) is 75.3 Å². The van der Waals surface area contributed by atoms with Crippen molar-refractivity contribution in [2.24, 2.45) is 47.3 Å². The summed E-state index contributed by atoms with van der Waals surface area (Å²) in [6.45, 7) is 38.8. The van der Waals surface area contributed by atoms with E-state index >= 15 is 9.59 Å². The molecule has 1 saturated heterocycles. The van der Waals surface area contributed by atoms with Gasteiger partial charge in [-0.15, -0.1) is 10.2 Å². The summed E-state index contributed by atoms with van der Waals surface area (Å²) in [5.74, 6) is -10.9. The molecular weight excluding hydrogens is 1510 g/mol. The largest absolute Gasteiger partial charge is 0.480 e. The van der Waals surface area contributed by atoms with Gasteiger partial charge in [0.1, 0.15) is 72.5 Å². The van der Waals surface area contributed by atoms with E-state index in [2.05, 4.69) is 41.9 Å². The van der Waals surface area contributed by atoms with Gasteiger partial charge in [-0.2, -0.15) is 5.21 Å². The predicted octanol–water partition coefficient (Wildman–Crippen LogP) is 7.82. The molecule has 1 aliphatic heterocycles. The normalized spacial score (nSPS) is 23.4. The lowest BCUT2D eigenvalue weighted by molar-refractivity contribution is -0.157. The Morgan fingerprint density at radius 2 is 1.03 bits per heavy atom. The number of aromatic nitrogens is 4. The van der Waals surface area contributed by atoms with Crippen molar-refractivity contribution in [3.05, 3.63) is 66.2 Å². The second-order valence-corrected chi connectivity index (χ2v) is 34.3. The Morgan fingerprint density at radius 3 is 1.51 bits per heavy atom. The van der Waals surface area contributed by atoms with Gasteiger partial charge in [0.05, 0.1) is 6.10 Å². The molecule has 7 N–H and O–H groups in total. The number of nitrogens with zero attached hydrogens (tertiary/aromatic N) is 11. The Balaban J connectivity index is 0.000000925. The molecule has 1 aromatic heterocycles. The maximum atomic E-state index is 15.2. The second-order valence-electron chi connectivity index (χ2n) is 34.3. The van der Waals surface area contributed by atoms with Crippen molar-refractivity contribution in [2.45, 2.75) is 289 Å². The van der Waals surface area contributed by atoms with Crippen molar-refractivity contribution in [3.63, 3.8) is 0 Å². The highest BCUT2D eigenvalue weighted by atomic mass is 16.4. The molecule has 0 spiro atoms. The minimum absolute atomic E-state index is 0.0109. The van der Waals surface area contributed by atoms with Crippen LogP contribution in [0, 0.1) is 47.3 Å². The Bertz CT molecular complexity index is 3850. The van der Waals surface area contributed by atoms with Crippen molar-refractivity contribution >= 4 is 76.9 Å². The number of likely N-dealkylation sites (N-methyl/N-ethyl adjacent to an activating group) is 7. The Morgan fingerprint density at radius 1 is 0.534 bits per heavy atom. The van der Waals surface area contributed by atoms with E-state index in [0.29, 0.717) is 18.7 Å². The van der Waals surface area contributed by atoms with E-state index in [9.17, 15) is 63.0 Å². The van der Waals surface area contributed by atoms with E-state index in [1.165, 1.54) is 97.4 Å². The maximum Gasteiger partial charge on any atom is 0.326 e. The van der Waals surface area contributed by atoms with Crippen LogP contribution in [0.25, 0.3) is 22.5 Å². The van der Waals surface area contributed by atoms with Gasteiger partial charge in [-0.3, -0.25) is 57.5 Å². The van der Waals surface area contributed by atoms with Crippen LogP contribution in [0.4, 0.5) is 0 Å². The van der Waals surface area contributed by atoms with Crippen molar-refractivity contribution in [1.29, 1.82) is 0 Å². The van der Waals surface area contributed by atoms with Crippen LogP contribution in [-0.2, 0) is 68.9 Å². The number of aliphatic hydroxyl groups excluding tert-OH is 1. The second kappa shape index (κ2) is 47.8. The molecular formula is C87H142N16O15. The zero-order valence-corrected chi connectivity index (χ0v) is 75.6. The third kappa shape index (κ3) is 27.7. The number of amides is 12. The summed E-state index contributed by atoms with van der Waals surface area (Å²) in [7, 11) is 8.53. The van der Waals surface area contributed by atoms with Gasteiger partial charge in [0.15, 0.2) is 0 Å². The molecule has 14 atom stereocenters. The fraction of sp³-hybridized carbons (Fsp3) is 0.678. The Labute approximate surface area is 701 Å². The molecule has 660 valence electrons. The van der Waals surface area contributed by atoms with Crippen molar-refractivity contribution < 1.29 is 72.5 Å². The highest BCUT2D eigenvalue weighted by Crippen LogP contribution is 2.32. The number of hydrogen-bond donors (Lipinski definition) is 7. The average molecular weight is 1650 g/mol. The summed E-state index contributed by atoms with van der Waals surface area (Å²) in [6.07, 6.45) is 4.84. The molecule has 31 nitrogen and oxygen atoms in total. The molecule has 12 amide bonds. The average Bonchev–Trinajstić information content (AvgIpc) is 0.852. The number of aliphatic hydroxyl groups is 1. The minimum Gasteiger partial charge on any atom is -0.480 e. The van der Waals surface area contributed by atoms with E-state index in [4.69, 9.17) is 0 Å². The molecule has 2 heterocycles. The number of tetrazole rings is 1. The van der Waals surface area contributed by atoms with E-state index in [0.717, 1.165) is 40.0 Å². The number of allylic oxidation sites excluding steroid dienone is 2. The highest BCUT2D eigenvalue weighted by molar-refractivity contribution is 6.00. The fourth-order valence-corrected chi connectivity index (χ4v) is 14.9. The SMILES string of the molecule is C/C=C/C[C@@H](C)[C@@H](O)[C@H]1C(=O)N[C@@H](CC)C(=O)N(C)[C@H](C)C(=O)N(CC)[C@@H](C(C)C)C(=O)N[C@@H](C(C)C)C(=O)N(C)[C@@H](CC(C)C)C(=O)N[C@@H](C)C(=O)N[C@H](C)C(=O)N(C)[C@@H](CC(C)C)C(=O)N(C)[C@@H](CC(C)C)C(=O)N(C)[C@@H](C(C)C)C(=O)N1C.CCCCC(=O)N(Cc1ccc(-c2ccccc2-c2nn[nH]n2)cc1)[C@H](C(=O)O)C(C)C. The third-order valence-corrected chi connectivity index (χ3v) is 22.0. The lowest BCUT2D eigenvalue weighted by Gasteiger charge is -2.41. The van der Waals surface area contributed by atoms with Crippen molar-refractivity contribution in [3.8, 4) is 22.5 Å². The van der Waals surface area contributed by atoms with Crippen LogP contribution in [0.15, 0.2) is 60.7 Å². The number of carbonyl (C=O) groups excluding carboxylic acids is 12. The molecule has 118 heavy (non-hydrogen) atoms. The molecule has 3 aromatic rings. The number of carboxylic acids is 1. The number of aromatic amines is 1. The van der Waals surface area contributed by atoms with Crippen LogP contribution >= 0.6 is 0 Å². The first-order chi connectivity index (χ1) is 55.1. The van der Waals surface area contributed by atoms with Crippen LogP contribution in [0.5, 0.6) is 0 Å². The molecule has 0 saturated carbocycles. The topological polar surface area (TPSA) is 391 Å². The molecule has 0 bridgehead atoms. The van der Waals surface area contributed by atoms with E-state index in [-0.39, 0.29) is 68.4 Å². The quantitative estimate of drug-likeness (QED) is 0.0397. The van der Waals surface area contributed by atoms with E-state index < -0.39 is 173 Å². The number of aliphatic carboxylic acids is 1. The standard InChI is InChI=1S/C63H113N11O12.C24H29N5O3/c1-26-29-30-40(16)52(75)51-56(79)66-44(27-2)59(82)68(20)43(19)58(81)74(28-3)49(38(12)13)55(78)67-48(37(10)11)62(85)69(21)45(31-34(4)5)54(77)64-41(17)53(76)65-42(18)57(80)70(22)46(32-35(6)7)60(83)71(23)47(33-36(8)9)61(84)72(24)50(39(14)15)63(86)73(51)25;1-4-5-10-21(30)29(22(16(2)3)24(31)32)15-17-11-13-18(14-12-17)19-8-6-7-9-20(19)23-25-27-28-26-23/h26,29,34-52,75H,27-28,30-33H2,1-25H3,(H,64,77)(H,65,76)(H,66,79)(H,67,78);6-9,11-14,16,22H,4-5,10,15H2,1-3H3,(H,31,32)(H,25,26,27,28)/b29-26+;/t40-,41+,42-,43-,44+,45+,46+,47+,48+,49+,50+,51+,52-;22-/m10/s1. The summed E-state index contributed by atoms with van der Waals surface area (Å²) in [5.41, 5.74) is 3.66. The first-order valence-corrected chi connectivity index (χ1v) is 42.0. The van der Waals surface area contributed by atoms with Gasteiger partial charge >= 0.3 is 5.97 Å². The number of unbranched alkanes of at least 4 members (excludes halogenated alkanes) is 1. The first-order valence-electron chi connectivity index (χ1n) is 42.0. The van der Waals surface area contributed by atoms with Crippen LogP contribution < -0.4 is 21.3 Å². The van der Waals surface area contributed by atoms with Crippen molar-refractivity contribution in [2.75, 3.05) is 48.8 Å². The fourth-order valence-electron chi connectivity index (χ4n) is 14.9. The summed E-state index contributed by atoms with van der Waals surface area (Å²) in [4.78, 5) is 196. The first kappa shape index (κ1) is 103. The third-order valence-electron chi connectivity index (χ3n) is 22.0. The van der Waals surface area contributed by atoms with Crippen molar-refractivity contribution in [1.82, 2.24) is 81.1 Å². The summed E-state index contributed by atoms with van der Waals surface area (Å²) in [5, 5.41) is 47.2. The van der Waals surface area contributed by atoms with E-state index in [1.807, 2.05) is 117 Å². The van der Waals surface area contributed by atoms with Gasteiger partial charge in [0.2, 0.25) is 76.7 Å². The molecule has 0 radical (unpaired) electrons. The summed E-state index contributed by atoms with van der Waals surface area (Å²) >= 11 is 0. The van der Waals surface area contributed by atoms with Gasteiger partial charge < -0.3 is 70.7 Å². The number of H-pyrrole nitrogens is 1. The molecule has 31 heteroatoms. The monoisotopic (exact) mass is 1650 g/mol. The lowest BCUT2D eigenvalue weighted by Crippen LogP contribution is -2.64. The summed E-state index contributed by atoms with van der Waals surface area (Å²) in [6, 6.07) is 1.10. The molecule has 1 aliphatic rings. The number of rotatable bonds is 25. The Hall–Kier alpha value is -9.68. The number of carboxylic acid groups (broad SMARTS) is 1. The molecule has 0 aliphatic carbocycles. The number of benzene rings is 2. The van der Waals surface area contributed by atoms with Gasteiger partial charge in [0.25, 0.3) is 0 Å². The summed E-state index contributed by atoms with van der Waals surface area (Å²) < 4.78 is 0. The molecule has 1 fully saturated rings. The van der Waals surface area contributed by atoms with Gasteiger partial charge in [-0.25, -0.2) is 4.79 Å². The van der Waals surface area contributed by atoms with Gasteiger partial charge in [-0.1, -0.05) is 185 Å². The van der Waals surface area contributed by atoms with Gasteiger partial charge in [-0.05, 0) is 142 Å². The highest BCUT2D eigenvalue weighted by Gasteiger charge is 2.47.